The fraction of sp³-hybridized carbons (Fsp3) is 0.364. The second-order valence-corrected chi connectivity index (χ2v) is 5.30. The lowest BCUT2D eigenvalue weighted by molar-refractivity contribution is -0.120. The summed E-state index contributed by atoms with van der Waals surface area (Å²) < 4.78 is 13.2. The van der Waals surface area contributed by atoms with Gasteiger partial charge >= 0.3 is 0 Å². The molecule has 88 valence electrons. The van der Waals surface area contributed by atoms with E-state index in [0.29, 0.717) is 5.56 Å². The van der Waals surface area contributed by atoms with E-state index in [2.05, 4.69) is 21.2 Å². The van der Waals surface area contributed by atoms with Crippen molar-refractivity contribution in [2.75, 3.05) is 0 Å². The molecule has 2 atom stereocenters. The van der Waals surface area contributed by atoms with E-state index in [1.54, 1.807) is 19.9 Å². The minimum atomic E-state index is -0.479. The van der Waals surface area contributed by atoms with Crippen molar-refractivity contribution in [1.29, 1.82) is 0 Å². The van der Waals surface area contributed by atoms with Crippen LogP contribution in [0.1, 0.15) is 25.5 Å². The molecule has 0 aliphatic heterocycles. The molecule has 1 amide bonds. The van der Waals surface area contributed by atoms with E-state index in [1.165, 1.54) is 12.1 Å². The zero-order valence-electron chi connectivity index (χ0n) is 8.93. The van der Waals surface area contributed by atoms with Crippen molar-refractivity contribution >= 4 is 33.4 Å². The topological polar surface area (TPSA) is 29.1 Å². The lowest BCUT2D eigenvalue weighted by atomic mass is 10.1. The maximum atomic E-state index is 13.2. The summed E-state index contributed by atoms with van der Waals surface area (Å²) in [6.45, 7) is 3.51. The number of alkyl halides is 1. The molecule has 0 aliphatic carbocycles. The number of nitrogens with one attached hydrogen (secondary N) is 1. The third-order valence-electron chi connectivity index (χ3n) is 2.16. The van der Waals surface area contributed by atoms with Crippen molar-refractivity contribution in [1.82, 2.24) is 5.32 Å². The number of carbonyl (C=O) groups is 1. The number of rotatable bonds is 3. The summed E-state index contributed by atoms with van der Waals surface area (Å²) in [4.78, 5) is 11.1. The predicted molar refractivity (Wildman–Crippen MR) is 66.4 cm³/mol. The Bertz CT molecular complexity index is 398. The van der Waals surface area contributed by atoms with Gasteiger partial charge in [0.25, 0.3) is 0 Å². The molecule has 2 nitrogen and oxygen atoms in total. The lowest BCUT2D eigenvalue weighted by Crippen LogP contribution is -2.31. The quantitative estimate of drug-likeness (QED) is 0.852. The van der Waals surface area contributed by atoms with Crippen molar-refractivity contribution in [3.8, 4) is 0 Å². The molecular formula is C11H12BrClFNO. The van der Waals surface area contributed by atoms with Gasteiger partial charge in [0.2, 0.25) is 5.91 Å². The Hall–Kier alpha value is -0.610. The second kappa shape index (κ2) is 5.64. The van der Waals surface area contributed by atoms with Crippen LogP contribution in [0.15, 0.2) is 18.2 Å². The Labute approximate surface area is 107 Å². The zero-order valence-corrected chi connectivity index (χ0v) is 11.3. The molecule has 0 heterocycles. The number of halogens is 3. The molecule has 0 spiro atoms. The molecule has 0 saturated heterocycles. The number of hydrogen-bond acceptors (Lipinski definition) is 1. The Kier molecular flexibility index (Phi) is 4.74. The van der Waals surface area contributed by atoms with E-state index >= 15 is 0 Å². The van der Waals surface area contributed by atoms with E-state index in [4.69, 9.17) is 11.6 Å². The molecule has 0 aromatic heterocycles. The highest BCUT2D eigenvalue weighted by molar-refractivity contribution is 9.10. The molecule has 0 radical (unpaired) electrons. The average molecular weight is 309 g/mol. The summed E-state index contributed by atoms with van der Waals surface area (Å²) in [5.74, 6) is -0.616. The first-order valence-electron chi connectivity index (χ1n) is 4.81. The first kappa shape index (κ1) is 13.5. The second-order valence-electron chi connectivity index (χ2n) is 3.52. The maximum Gasteiger partial charge on any atom is 0.233 e. The van der Waals surface area contributed by atoms with E-state index in [1.807, 2.05) is 0 Å². The largest absolute Gasteiger partial charge is 0.349 e. The predicted octanol–water partition coefficient (Wildman–Crippen LogP) is 3.44. The Morgan fingerprint density at radius 3 is 2.62 bits per heavy atom. The van der Waals surface area contributed by atoms with Gasteiger partial charge in [-0.3, -0.25) is 4.79 Å². The Morgan fingerprint density at radius 1 is 1.50 bits per heavy atom. The normalized spacial score (nSPS) is 14.3. The fourth-order valence-corrected chi connectivity index (χ4v) is 1.44. The minimum absolute atomic E-state index is 0.0798. The summed E-state index contributed by atoms with van der Waals surface area (Å²) in [6.07, 6.45) is 0. The van der Waals surface area contributed by atoms with Gasteiger partial charge in [-0.25, -0.2) is 4.39 Å². The third kappa shape index (κ3) is 3.46. The van der Waals surface area contributed by atoms with Crippen LogP contribution in [0.4, 0.5) is 4.39 Å². The molecule has 1 rings (SSSR count). The molecule has 0 fully saturated rings. The van der Waals surface area contributed by atoms with E-state index in [-0.39, 0.29) is 21.8 Å². The monoisotopic (exact) mass is 307 g/mol. The average Bonchev–Trinajstić information content (AvgIpc) is 2.21. The highest BCUT2D eigenvalue weighted by Gasteiger charge is 2.14. The molecule has 1 unspecified atom stereocenters. The van der Waals surface area contributed by atoms with E-state index in [0.717, 1.165) is 0 Å². The van der Waals surface area contributed by atoms with Crippen molar-refractivity contribution in [3.05, 3.63) is 34.6 Å². The van der Waals surface area contributed by atoms with Crippen LogP contribution in [0.3, 0.4) is 0 Å². The smallest absolute Gasteiger partial charge is 0.233 e. The Morgan fingerprint density at radius 2 is 2.12 bits per heavy atom. The van der Waals surface area contributed by atoms with Gasteiger partial charge in [0, 0.05) is 0 Å². The number of hydrogen-bond donors (Lipinski definition) is 1. The highest BCUT2D eigenvalue weighted by Crippen LogP contribution is 2.20. The molecule has 0 aliphatic rings. The molecule has 0 bridgehead atoms. The van der Waals surface area contributed by atoms with Gasteiger partial charge in [-0.2, -0.15) is 0 Å². The number of amides is 1. The molecule has 1 aromatic carbocycles. The minimum Gasteiger partial charge on any atom is -0.349 e. The third-order valence-corrected chi connectivity index (χ3v) is 2.89. The number of benzene rings is 1. The molecular weight excluding hydrogens is 296 g/mol. The van der Waals surface area contributed by atoms with Crippen molar-refractivity contribution in [2.45, 2.75) is 24.7 Å². The van der Waals surface area contributed by atoms with Gasteiger partial charge in [0.05, 0.1) is 15.9 Å². The van der Waals surface area contributed by atoms with Crippen LogP contribution in [0, 0.1) is 5.82 Å². The van der Waals surface area contributed by atoms with Gasteiger partial charge in [-0.05, 0) is 31.5 Å². The van der Waals surface area contributed by atoms with Gasteiger partial charge in [-0.1, -0.05) is 33.6 Å². The summed E-state index contributed by atoms with van der Waals surface area (Å²) in [7, 11) is 0. The summed E-state index contributed by atoms with van der Waals surface area (Å²) >= 11 is 8.73. The van der Waals surface area contributed by atoms with Gasteiger partial charge in [-0.15, -0.1) is 0 Å². The van der Waals surface area contributed by atoms with Crippen LogP contribution >= 0.6 is 27.5 Å². The molecule has 1 N–H and O–H groups in total. The number of carbonyl (C=O) groups excluding carboxylic acids is 1. The first-order valence-corrected chi connectivity index (χ1v) is 6.10. The first-order chi connectivity index (χ1) is 7.41. The Balaban J connectivity index is 2.77. The lowest BCUT2D eigenvalue weighted by Gasteiger charge is -2.15. The van der Waals surface area contributed by atoms with Crippen LogP contribution in [-0.2, 0) is 4.79 Å². The molecule has 1 aromatic rings. The van der Waals surface area contributed by atoms with Crippen molar-refractivity contribution in [2.24, 2.45) is 0 Å². The summed E-state index contributed by atoms with van der Waals surface area (Å²) in [5, 5.41) is 2.83. The van der Waals surface area contributed by atoms with E-state index in [9.17, 15) is 9.18 Å². The van der Waals surface area contributed by atoms with Gasteiger partial charge < -0.3 is 5.32 Å². The van der Waals surface area contributed by atoms with Crippen LogP contribution < -0.4 is 5.32 Å². The fourth-order valence-electron chi connectivity index (χ4n) is 1.19. The highest BCUT2D eigenvalue weighted by atomic mass is 79.9. The van der Waals surface area contributed by atoms with Crippen LogP contribution in [-0.4, -0.2) is 10.7 Å². The SMILES string of the molecule is CC(Br)C(=O)N[C@@H](C)c1ccc(Cl)c(F)c1. The maximum absolute atomic E-state index is 13.2. The van der Waals surface area contributed by atoms with Crippen LogP contribution in [0.25, 0.3) is 0 Å². The van der Waals surface area contributed by atoms with Crippen molar-refractivity contribution < 1.29 is 9.18 Å². The molecule has 16 heavy (non-hydrogen) atoms. The summed E-state index contributed by atoms with van der Waals surface area (Å²) in [6, 6.07) is 4.24. The van der Waals surface area contributed by atoms with Gasteiger partial charge in [0.15, 0.2) is 0 Å². The summed E-state index contributed by atoms with van der Waals surface area (Å²) in [5.41, 5.74) is 0.684. The zero-order chi connectivity index (χ0) is 12.3. The van der Waals surface area contributed by atoms with Crippen LogP contribution in [0.2, 0.25) is 5.02 Å². The van der Waals surface area contributed by atoms with Crippen molar-refractivity contribution in [3.63, 3.8) is 0 Å². The standard InChI is InChI=1S/C11H12BrClFNO/c1-6(12)11(16)15-7(2)8-3-4-9(13)10(14)5-8/h3-7H,1-2H3,(H,15,16)/t6?,7-/m0/s1. The van der Waals surface area contributed by atoms with Crippen LogP contribution in [0.5, 0.6) is 0 Å². The van der Waals surface area contributed by atoms with E-state index < -0.39 is 5.82 Å². The van der Waals surface area contributed by atoms with Gasteiger partial charge in [0.1, 0.15) is 5.82 Å². The molecule has 0 saturated carbocycles. The molecule has 5 heteroatoms.